The fourth-order valence-corrected chi connectivity index (χ4v) is 3.22. The van der Waals surface area contributed by atoms with Gasteiger partial charge in [-0.3, -0.25) is 4.79 Å². The lowest BCUT2D eigenvalue weighted by Gasteiger charge is -2.35. The van der Waals surface area contributed by atoms with Gasteiger partial charge in [-0.25, -0.2) is 0 Å². The van der Waals surface area contributed by atoms with Crippen molar-refractivity contribution in [3.05, 3.63) is 71.8 Å². The third kappa shape index (κ3) is 4.31. The highest BCUT2D eigenvalue weighted by Crippen LogP contribution is 2.23. The van der Waals surface area contributed by atoms with E-state index < -0.39 is 0 Å². The molecule has 0 atom stereocenters. The molecule has 0 spiro atoms. The number of hydrogen-bond donors (Lipinski definition) is 1. The van der Waals surface area contributed by atoms with Crippen molar-refractivity contribution < 1.29 is 9.53 Å². The largest absolute Gasteiger partial charge is 0.457 e. The van der Waals surface area contributed by atoms with E-state index in [-0.39, 0.29) is 5.91 Å². The van der Waals surface area contributed by atoms with E-state index in [1.807, 2.05) is 11.0 Å². The molecule has 4 rings (SSSR count). The van der Waals surface area contributed by atoms with Crippen molar-refractivity contribution in [2.24, 2.45) is 0 Å². The normalized spacial score (nSPS) is 13.6. The zero-order valence-electron chi connectivity index (χ0n) is 16.2. The van der Waals surface area contributed by atoms with Gasteiger partial charge in [0.05, 0.1) is 11.6 Å². The smallest absolute Gasteiger partial charge is 0.253 e. The first kappa shape index (κ1) is 19.2. The molecule has 1 saturated heterocycles. The molecule has 3 aromatic rings. The van der Waals surface area contributed by atoms with E-state index in [0.717, 1.165) is 5.82 Å². The Morgan fingerprint density at radius 2 is 1.53 bits per heavy atom. The number of nitriles is 1. The first-order valence-corrected chi connectivity index (χ1v) is 9.54. The van der Waals surface area contributed by atoms with Gasteiger partial charge in [-0.1, -0.05) is 0 Å². The van der Waals surface area contributed by atoms with Crippen LogP contribution in [0.1, 0.15) is 15.9 Å². The molecule has 1 aromatic heterocycles. The molecule has 1 amide bonds. The lowest BCUT2D eigenvalue weighted by Crippen LogP contribution is -2.49. The van der Waals surface area contributed by atoms with E-state index in [4.69, 9.17) is 15.7 Å². The van der Waals surface area contributed by atoms with Crippen LogP contribution < -0.4 is 15.4 Å². The van der Waals surface area contributed by atoms with E-state index in [1.165, 1.54) is 0 Å². The average Bonchev–Trinajstić information content (AvgIpc) is 2.80. The first-order chi connectivity index (χ1) is 14.6. The Morgan fingerprint density at radius 1 is 0.900 bits per heavy atom. The van der Waals surface area contributed by atoms with Crippen molar-refractivity contribution >= 4 is 17.5 Å². The van der Waals surface area contributed by atoms with Gasteiger partial charge in [-0.2, -0.15) is 5.26 Å². The highest BCUT2D eigenvalue weighted by Gasteiger charge is 2.23. The van der Waals surface area contributed by atoms with Gasteiger partial charge in [-0.15, -0.1) is 10.2 Å². The predicted octanol–water partition coefficient (Wildman–Crippen LogP) is 2.69. The van der Waals surface area contributed by atoms with Crippen LogP contribution in [0.2, 0.25) is 0 Å². The lowest BCUT2D eigenvalue weighted by molar-refractivity contribution is 0.0746. The van der Waals surface area contributed by atoms with Crippen LogP contribution in [0.5, 0.6) is 11.5 Å². The maximum absolute atomic E-state index is 12.8. The summed E-state index contributed by atoms with van der Waals surface area (Å²) in [7, 11) is 0. The molecular weight excluding hydrogens is 380 g/mol. The highest BCUT2D eigenvalue weighted by atomic mass is 16.5. The van der Waals surface area contributed by atoms with E-state index in [1.54, 1.807) is 54.6 Å². The van der Waals surface area contributed by atoms with Crippen molar-refractivity contribution in [1.29, 1.82) is 5.26 Å². The van der Waals surface area contributed by atoms with Crippen molar-refractivity contribution in [2.45, 2.75) is 0 Å². The second-order valence-electron chi connectivity index (χ2n) is 6.86. The van der Waals surface area contributed by atoms with Crippen LogP contribution in [-0.4, -0.2) is 47.2 Å². The molecule has 0 radical (unpaired) electrons. The number of piperazine rings is 1. The number of anilines is 2. The molecule has 150 valence electrons. The maximum atomic E-state index is 12.8. The molecule has 30 heavy (non-hydrogen) atoms. The summed E-state index contributed by atoms with van der Waals surface area (Å²) in [6.45, 7) is 2.58. The molecule has 1 aliphatic heterocycles. The predicted molar refractivity (Wildman–Crippen MR) is 112 cm³/mol. The summed E-state index contributed by atoms with van der Waals surface area (Å²) in [6.07, 6.45) is 0. The number of nitrogens with two attached hydrogens (primary N) is 1. The fourth-order valence-electron chi connectivity index (χ4n) is 3.22. The topological polar surface area (TPSA) is 108 Å². The third-order valence-corrected chi connectivity index (χ3v) is 4.88. The number of amides is 1. The van der Waals surface area contributed by atoms with E-state index in [2.05, 4.69) is 21.2 Å². The highest BCUT2D eigenvalue weighted by molar-refractivity contribution is 5.94. The molecule has 2 heterocycles. The van der Waals surface area contributed by atoms with Gasteiger partial charge >= 0.3 is 0 Å². The van der Waals surface area contributed by atoms with Crippen LogP contribution in [0, 0.1) is 11.3 Å². The van der Waals surface area contributed by atoms with Crippen molar-refractivity contribution in [3.63, 3.8) is 0 Å². The number of rotatable bonds is 4. The fraction of sp³-hybridized carbons (Fsp3) is 0.182. The minimum absolute atomic E-state index is 0.0111. The molecule has 1 fully saturated rings. The SMILES string of the molecule is N#Cc1ccc(Oc2ccc(C(=O)N3CCN(c4ccc(N)nn4)CC3)cc2)cc1. The van der Waals surface area contributed by atoms with Crippen LogP contribution in [0.4, 0.5) is 11.6 Å². The van der Waals surface area contributed by atoms with Gasteiger partial charge in [0.1, 0.15) is 17.3 Å². The van der Waals surface area contributed by atoms with Gasteiger partial charge < -0.3 is 20.3 Å². The van der Waals surface area contributed by atoms with E-state index in [9.17, 15) is 4.79 Å². The number of carbonyl (C=O) groups is 1. The Balaban J connectivity index is 1.34. The summed E-state index contributed by atoms with van der Waals surface area (Å²) >= 11 is 0. The van der Waals surface area contributed by atoms with Gasteiger partial charge in [0.15, 0.2) is 5.82 Å². The number of hydrogen-bond acceptors (Lipinski definition) is 7. The molecule has 1 aliphatic rings. The quantitative estimate of drug-likeness (QED) is 0.717. The minimum atomic E-state index is -0.0111. The third-order valence-electron chi connectivity index (χ3n) is 4.88. The first-order valence-electron chi connectivity index (χ1n) is 9.54. The summed E-state index contributed by atoms with van der Waals surface area (Å²) in [5.41, 5.74) is 6.77. The Bertz CT molecular complexity index is 1050. The minimum Gasteiger partial charge on any atom is -0.457 e. The Labute approximate surface area is 174 Å². The second kappa shape index (κ2) is 8.49. The van der Waals surface area contributed by atoms with Crippen LogP contribution in [0.3, 0.4) is 0 Å². The molecule has 0 bridgehead atoms. The monoisotopic (exact) mass is 400 g/mol. The van der Waals surface area contributed by atoms with Gasteiger partial charge in [0, 0.05) is 31.7 Å². The maximum Gasteiger partial charge on any atom is 0.253 e. The molecule has 2 aromatic carbocycles. The van der Waals surface area contributed by atoms with Crippen LogP contribution in [0.25, 0.3) is 0 Å². The second-order valence-corrected chi connectivity index (χ2v) is 6.86. The summed E-state index contributed by atoms with van der Waals surface area (Å²) in [6, 6.07) is 19.6. The molecule has 0 saturated carbocycles. The van der Waals surface area contributed by atoms with Crippen molar-refractivity contribution in [1.82, 2.24) is 15.1 Å². The van der Waals surface area contributed by atoms with Gasteiger partial charge in [0.2, 0.25) is 0 Å². The Morgan fingerprint density at radius 3 is 2.10 bits per heavy atom. The van der Waals surface area contributed by atoms with Gasteiger partial charge in [-0.05, 0) is 60.7 Å². The summed E-state index contributed by atoms with van der Waals surface area (Å²) < 4.78 is 5.77. The zero-order valence-corrected chi connectivity index (χ0v) is 16.2. The number of aromatic nitrogens is 2. The number of nitrogens with zero attached hydrogens (tertiary/aromatic N) is 5. The summed E-state index contributed by atoms with van der Waals surface area (Å²) in [5.74, 6) is 2.40. The average molecular weight is 400 g/mol. The Hall–Kier alpha value is -4.12. The number of nitrogen functional groups attached to an aromatic ring is 1. The number of ether oxygens (including phenoxy) is 1. The number of benzene rings is 2. The zero-order chi connectivity index (χ0) is 20.9. The molecule has 0 aliphatic carbocycles. The summed E-state index contributed by atoms with van der Waals surface area (Å²) in [5, 5.41) is 16.8. The van der Waals surface area contributed by atoms with Gasteiger partial charge in [0.25, 0.3) is 5.91 Å². The molecule has 8 heteroatoms. The summed E-state index contributed by atoms with van der Waals surface area (Å²) in [4.78, 5) is 16.7. The van der Waals surface area contributed by atoms with Crippen molar-refractivity contribution in [3.8, 4) is 17.6 Å². The van der Waals surface area contributed by atoms with E-state index >= 15 is 0 Å². The standard InChI is InChI=1S/C22H20N6O2/c23-15-16-1-5-18(6-2-16)30-19-7-3-17(4-8-19)22(29)28-13-11-27(12-14-28)21-10-9-20(24)25-26-21/h1-10H,11-14H2,(H2,24,25). The molecule has 8 nitrogen and oxygen atoms in total. The van der Waals surface area contributed by atoms with E-state index in [0.29, 0.717) is 54.6 Å². The van der Waals surface area contributed by atoms with Crippen LogP contribution >= 0.6 is 0 Å². The lowest BCUT2D eigenvalue weighted by atomic mass is 10.1. The number of carbonyl (C=O) groups excluding carboxylic acids is 1. The van der Waals surface area contributed by atoms with Crippen LogP contribution in [0.15, 0.2) is 60.7 Å². The Kier molecular flexibility index (Phi) is 5.44. The molecular formula is C22H20N6O2. The molecule has 2 N–H and O–H groups in total. The molecule has 0 unspecified atom stereocenters. The van der Waals surface area contributed by atoms with Crippen molar-refractivity contribution in [2.75, 3.05) is 36.8 Å². The van der Waals surface area contributed by atoms with Crippen LogP contribution in [-0.2, 0) is 0 Å².